The number of hydrogen-bond donors (Lipinski definition) is 2. The van der Waals surface area contributed by atoms with Crippen LogP contribution in [0.15, 0.2) is 35.3 Å². The number of carbonyl (C=O) groups is 1. The lowest BCUT2D eigenvalue weighted by Crippen LogP contribution is -2.42. The predicted molar refractivity (Wildman–Crippen MR) is 118 cm³/mol. The van der Waals surface area contributed by atoms with Crippen LogP contribution in [0.4, 0.5) is 4.39 Å². The largest absolute Gasteiger partial charge is 0.331 e. The summed E-state index contributed by atoms with van der Waals surface area (Å²) in [7, 11) is 0. The zero-order valence-corrected chi connectivity index (χ0v) is 18.1. The van der Waals surface area contributed by atoms with E-state index in [9.17, 15) is 14.0 Å². The minimum atomic E-state index is -0.529. The van der Waals surface area contributed by atoms with E-state index in [-0.39, 0.29) is 39.3 Å². The van der Waals surface area contributed by atoms with Crippen molar-refractivity contribution >= 4 is 34.6 Å². The Morgan fingerprint density at radius 3 is 2.81 bits per heavy atom. The lowest BCUT2D eigenvalue weighted by Gasteiger charge is -2.28. The van der Waals surface area contributed by atoms with Crippen molar-refractivity contribution in [2.75, 3.05) is 13.1 Å². The van der Waals surface area contributed by atoms with Crippen molar-refractivity contribution in [3.63, 3.8) is 0 Å². The molecule has 2 fully saturated rings. The number of aromatic nitrogens is 2. The number of benzene rings is 1. The first kappa shape index (κ1) is 20.5. The summed E-state index contributed by atoms with van der Waals surface area (Å²) < 4.78 is 16.3. The molecule has 0 saturated carbocycles. The van der Waals surface area contributed by atoms with E-state index in [1.54, 1.807) is 22.7 Å². The van der Waals surface area contributed by atoms with Crippen molar-refractivity contribution in [1.82, 2.24) is 19.6 Å². The molecule has 0 radical (unpaired) electrons. The first-order valence-electron chi connectivity index (χ1n) is 10.3. The highest BCUT2D eigenvalue weighted by molar-refractivity contribution is 6.42. The second-order valence-corrected chi connectivity index (χ2v) is 8.96. The summed E-state index contributed by atoms with van der Waals surface area (Å²) >= 11 is 12.4. The summed E-state index contributed by atoms with van der Waals surface area (Å²) in [5.74, 6) is -0.789. The minimum Gasteiger partial charge on any atom is -0.331 e. The van der Waals surface area contributed by atoms with E-state index < -0.39 is 5.82 Å². The van der Waals surface area contributed by atoms with Gasteiger partial charge in [-0.15, -0.1) is 0 Å². The van der Waals surface area contributed by atoms with Gasteiger partial charge in [0, 0.05) is 36.9 Å². The van der Waals surface area contributed by atoms with Gasteiger partial charge in [-0.3, -0.25) is 14.0 Å². The Balaban J connectivity index is 1.50. The van der Waals surface area contributed by atoms with E-state index in [2.05, 4.69) is 10.3 Å². The van der Waals surface area contributed by atoms with Crippen LogP contribution >= 0.6 is 23.2 Å². The highest BCUT2D eigenvalue weighted by atomic mass is 35.5. The Morgan fingerprint density at radius 2 is 1.97 bits per heavy atom. The molecule has 0 aliphatic carbocycles. The van der Waals surface area contributed by atoms with E-state index >= 15 is 0 Å². The fourth-order valence-electron chi connectivity index (χ4n) is 4.83. The van der Waals surface area contributed by atoms with Gasteiger partial charge in [0.15, 0.2) is 0 Å². The third kappa shape index (κ3) is 3.54. The van der Waals surface area contributed by atoms with Gasteiger partial charge in [-0.2, -0.15) is 0 Å². The van der Waals surface area contributed by atoms with Crippen molar-refractivity contribution < 1.29 is 9.18 Å². The van der Waals surface area contributed by atoms with Crippen LogP contribution in [0.1, 0.15) is 40.9 Å². The van der Waals surface area contributed by atoms with Gasteiger partial charge in [-0.1, -0.05) is 29.3 Å². The SMILES string of the molecule is O=C(c1cc(Cc2c[nH]c(=O)c3cc(Cl)c(Cl)n23)ccc1F)N1C2CCNCC1CC2. The summed E-state index contributed by atoms with van der Waals surface area (Å²) in [6.45, 7) is 1.61. The maximum Gasteiger partial charge on any atom is 0.272 e. The molecular formula is C22H21Cl2FN4O2. The Kier molecular flexibility index (Phi) is 5.28. The molecule has 2 aliphatic heterocycles. The summed E-state index contributed by atoms with van der Waals surface area (Å²) in [6.07, 6.45) is 4.68. The third-order valence-corrected chi connectivity index (χ3v) is 7.08. The number of H-pyrrole nitrogens is 1. The van der Waals surface area contributed by atoms with Crippen molar-refractivity contribution in [3.05, 3.63) is 73.6 Å². The number of amides is 1. The molecule has 2 aromatic heterocycles. The van der Waals surface area contributed by atoms with Crippen LogP contribution in [-0.4, -0.2) is 45.4 Å². The van der Waals surface area contributed by atoms with E-state index in [1.807, 2.05) is 4.90 Å². The standard InChI is InChI=1S/C22H21Cl2FN4O2/c23-17-9-19-21(30)27-11-15(29(19)20(17)24)7-12-1-4-18(25)16(8-12)22(31)28-13-2-3-14(28)10-26-6-5-13/h1,4,8-9,11,13-14,26H,2-3,5-7,10H2,(H,27,30). The number of halogens is 3. The summed E-state index contributed by atoms with van der Waals surface area (Å²) in [4.78, 5) is 30.0. The number of fused-ring (bicyclic) bond motifs is 3. The van der Waals surface area contributed by atoms with E-state index in [1.165, 1.54) is 12.1 Å². The molecule has 2 N–H and O–H groups in total. The highest BCUT2D eigenvalue weighted by Gasteiger charge is 2.39. The maximum absolute atomic E-state index is 14.7. The topological polar surface area (TPSA) is 69.6 Å². The molecule has 3 aromatic rings. The van der Waals surface area contributed by atoms with E-state index in [0.29, 0.717) is 17.6 Å². The zero-order chi connectivity index (χ0) is 21.7. The predicted octanol–water partition coefficient (Wildman–Crippen LogP) is 3.63. The van der Waals surface area contributed by atoms with Gasteiger partial charge in [-0.25, -0.2) is 4.39 Å². The van der Waals surface area contributed by atoms with Crippen LogP contribution in [-0.2, 0) is 6.42 Å². The molecule has 6 nitrogen and oxygen atoms in total. The molecule has 1 amide bonds. The average Bonchev–Trinajstić information content (AvgIpc) is 3.20. The second-order valence-electron chi connectivity index (χ2n) is 8.19. The fourth-order valence-corrected chi connectivity index (χ4v) is 5.27. The van der Waals surface area contributed by atoms with Gasteiger partial charge in [-0.05, 0) is 49.6 Å². The van der Waals surface area contributed by atoms with Crippen LogP contribution < -0.4 is 10.9 Å². The Bertz CT molecular complexity index is 1220. The summed E-state index contributed by atoms with van der Waals surface area (Å²) in [6, 6.07) is 6.33. The lowest BCUT2D eigenvalue weighted by atomic mass is 10.0. The normalized spacial score (nSPS) is 20.9. The lowest BCUT2D eigenvalue weighted by molar-refractivity contribution is 0.0675. The van der Waals surface area contributed by atoms with Crippen LogP contribution in [0.5, 0.6) is 0 Å². The summed E-state index contributed by atoms with van der Waals surface area (Å²) in [5.41, 5.74) is 1.51. The minimum absolute atomic E-state index is 0.0774. The van der Waals surface area contributed by atoms with E-state index in [4.69, 9.17) is 23.2 Å². The highest BCUT2D eigenvalue weighted by Crippen LogP contribution is 2.31. The molecule has 2 unspecified atom stereocenters. The molecule has 2 aliphatic rings. The smallest absolute Gasteiger partial charge is 0.272 e. The molecular weight excluding hydrogens is 442 g/mol. The molecule has 5 rings (SSSR count). The second kappa shape index (κ2) is 7.97. The van der Waals surface area contributed by atoms with Gasteiger partial charge in [0.1, 0.15) is 16.5 Å². The van der Waals surface area contributed by atoms with Crippen LogP contribution in [0.2, 0.25) is 10.2 Å². The molecule has 4 heterocycles. The number of rotatable bonds is 3. The van der Waals surface area contributed by atoms with Crippen molar-refractivity contribution in [1.29, 1.82) is 0 Å². The van der Waals surface area contributed by atoms with Gasteiger partial charge in [0.25, 0.3) is 11.5 Å². The number of aromatic amines is 1. The fraction of sp³-hybridized carbons (Fsp3) is 0.364. The molecule has 162 valence electrons. The number of nitrogens with one attached hydrogen (secondary N) is 2. The van der Waals surface area contributed by atoms with Crippen molar-refractivity contribution in [3.8, 4) is 0 Å². The Labute approximate surface area is 188 Å². The molecule has 2 atom stereocenters. The monoisotopic (exact) mass is 462 g/mol. The Morgan fingerprint density at radius 1 is 1.16 bits per heavy atom. The van der Waals surface area contributed by atoms with Gasteiger partial charge < -0.3 is 15.2 Å². The molecule has 9 heteroatoms. The van der Waals surface area contributed by atoms with Gasteiger partial charge >= 0.3 is 0 Å². The van der Waals surface area contributed by atoms with E-state index in [0.717, 1.165) is 37.9 Å². The van der Waals surface area contributed by atoms with Crippen molar-refractivity contribution in [2.45, 2.75) is 37.8 Å². The maximum atomic E-state index is 14.7. The Hall–Kier alpha value is -2.35. The molecule has 2 bridgehead atoms. The summed E-state index contributed by atoms with van der Waals surface area (Å²) in [5, 5.41) is 3.88. The van der Waals surface area contributed by atoms with Crippen molar-refractivity contribution in [2.24, 2.45) is 0 Å². The number of hydrogen-bond acceptors (Lipinski definition) is 3. The molecule has 0 spiro atoms. The number of carbonyl (C=O) groups excluding carboxylic acids is 1. The third-order valence-electron chi connectivity index (χ3n) is 6.32. The molecule has 1 aromatic carbocycles. The first-order valence-corrected chi connectivity index (χ1v) is 11.1. The van der Waals surface area contributed by atoms with Gasteiger partial charge in [0.2, 0.25) is 0 Å². The molecule has 31 heavy (non-hydrogen) atoms. The average molecular weight is 463 g/mol. The first-order chi connectivity index (χ1) is 14.9. The molecule has 2 saturated heterocycles. The van der Waals surface area contributed by atoms with Crippen LogP contribution in [0.25, 0.3) is 5.52 Å². The number of nitrogens with zero attached hydrogens (tertiary/aromatic N) is 2. The zero-order valence-electron chi connectivity index (χ0n) is 16.6. The quantitative estimate of drug-likeness (QED) is 0.624. The van der Waals surface area contributed by atoms with Crippen LogP contribution in [0.3, 0.4) is 0 Å². The van der Waals surface area contributed by atoms with Gasteiger partial charge in [0.05, 0.1) is 10.6 Å². The van der Waals surface area contributed by atoms with Crippen LogP contribution in [0, 0.1) is 5.82 Å².